The number of nitrogens with zero attached hydrogens (tertiary/aromatic N) is 2. The zero-order valence-corrected chi connectivity index (χ0v) is 13.5. The lowest BCUT2D eigenvalue weighted by molar-refractivity contribution is 0.102. The summed E-state index contributed by atoms with van der Waals surface area (Å²) in [6.07, 6.45) is 3.08. The molecule has 0 aliphatic rings. The van der Waals surface area contributed by atoms with E-state index < -0.39 is 10.0 Å². The quantitative estimate of drug-likeness (QED) is 0.675. The van der Waals surface area contributed by atoms with Crippen LogP contribution >= 0.6 is 0 Å². The topological polar surface area (TPSA) is 119 Å². The summed E-state index contributed by atoms with van der Waals surface area (Å²) in [5.41, 5.74) is 6.08. The Kier molecular flexibility index (Phi) is 5.48. The van der Waals surface area contributed by atoms with Crippen LogP contribution in [0.15, 0.2) is 41.6 Å². The molecule has 1 aromatic heterocycles. The highest BCUT2D eigenvalue weighted by Crippen LogP contribution is 2.16. The van der Waals surface area contributed by atoms with Gasteiger partial charge in [0.15, 0.2) is 0 Å². The lowest BCUT2D eigenvalue weighted by Gasteiger charge is -2.08. The lowest BCUT2D eigenvalue weighted by Crippen LogP contribution is -2.29. The fourth-order valence-corrected chi connectivity index (χ4v) is 2.97. The van der Waals surface area contributed by atoms with Gasteiger partial charge in [0.05, 0.1) is 16.7 Å². The number of nitrogens with one attached hydrogen (secondary N) is 2. The summed E-state index contributed by atoms with van der Waals surface area (Å²) in [4.78, 5) is 12.2. The Morgan fingerprint density at radius 2 is 2.17 bits per heavy atom. The predicted octanol–water partition coefficient (Wildman–Crippen LogP) is 0.392. The molecule has 0 aliphatic heterocycles. The summed E-state index contributed by atoms with van der Waals surface area (Å²) in [7, 11) is -3.64. The van der Waals surface area contributed by atoms with E-state index in [1.807, 2.05) is 6.92 Å². The van der Waals surface area contributed by atoms with Gasteiger partial charge in [-0.1, -0.05) is 6.07 Å². The van der Waals surface area contributed by atoms with Crippen molar-refractivity contribution in [2.45, 2.75) is 18.4 Å². The average Bonchev–Trinajstić information content (AvgIpc) is 3.02. The minimum Gasteiger partial charge on any atom is -0.329 e. The van der Waals surface area contributed by atoms with Gasteiger partial charge in [-0.15, -0.1) is 0 Å². The molecule has 4 N–H and O–H groups in total. The molecule has 2 rings (SSSR count). The second kappa shape index (κ2) is 7.36. The monoisotopic (exact) mass is 337 g/mol. The van der Waals surface area contributed by atoms with Crippen LogP contribution in [0.5, 0.6) is 0 Å². The van der Waals surface area contributed by atoms with E-state index in [1.54, 1.807) is 23.0 Å². The van der Waals surface area contributed by atoms with Crippen molar-refractivity contribution in [2.75, 3.05) is 18.4 Å². The third-order valence-electron chi connectivity index (χ3n) is 3.06. The molecule has 0 radical (unpaired) electrons. The highest BCUT2D eigenvalue weighted by atomic mass is 32.2. The number of aromatic nitrogens is 2. The van der Waals surface area contributed by atoms with Crippen LogP contribution < -0.4 is 15.8 Å². The van der Waals surface area contributed by atoms with Crippen molar-refractivity contribution in [1.82, 2.24) is 14.5 Å². The molecule has 0 spiro atoms. The fraction of sp³-hybridized carbons (Fsp3) is 0.286. The molecule has 1 amide bonds. The maximum atomic E-state index is 12.1. The van der Waals surface area contributed by atoms with Gasteiger partial charge in [0.1, 0.15) is 0 Å². The van der Waals surface area contributed by atoms with Crippen molar-refractivity contribution < 1.29 is 13.2 Å². The van der Waals surface area contributed by atoms with E-state index in [0.717, 1.165) is 0 Å². The van der Waals surface area contributed by atoms with Crippen LogP contribution in [0.2, 0.25) is 0 Å². The van der Waals surface area contributed by atoms with Crippen LogP contribution in [0, 0.1) is 0 Å². The van der Waals surface area contributed by atoms with Crippen molar-refractivity contribution in [3.63, 3.8) is 0 Å². The molecular formula is C14H19N5O3S. The Morgan fingerprint density at radius 1 is 1.39 bits per heavy atom. The van der Waals surface area contributed by atoms with Gasteiger partial charge in [-0.05, 0) is 25.1 Å². The van der Waals surface area contributed by atoms with Gasteiger partial charge in [-0.2, -0.15) is 5.10 Å². The largest absolute Gasteiger partial charge is 0.329 e. The van der Waals surface area contributed by atoms with Crippen molar-refractivity contribution >= 4 is 21.6 Å². The van der Waals surface area contributed by atoms with Gasteiger partial charge in [0, 0.05) is 31.5 Å². The summed E-state index contributed by atoms with van der Waals surface area (Å²) in [5, 5.41) is 6.68. The number of carbonyl (C=O) groups is 1. The molecule has 0 bridgehead atoms. The SMILES string of the molecule is CCn1cc(C(=O)Nc2cccc(S(=O)(=O)NCCN)c2)cn1. The molecular weight excluding hydrogens is 318 g/mol. The molecule has 1 aromatic carbocycles. The third-order valence-corrected chi connectivity index (χ3v) is 4.52. The van der Waals surface area contributed by atoms with E-state index in [0.29, 0.717) is 17.8 Å². The van der Waals surface area contributed by atoms with E-state index in [-0.39, 0.29) is 23.9 Å². The number of sulfonamides is 1. The molecule has 0 saturated carbocycles. The molecule has 0 unspecified atom stereocenters. The minimum atomic E-state index is -3.64. The van der Waals surface area contributed by atoms with Crippen molar-refractivity contribution in [3.05, 3.63) is 42.2 Å². The number of carbonyl (C=O) groups excluding carboxylic acids is 1. The normalized spacial score (nSPS) is 11.4. The maximum absolute atomic E-state index is 12.1. The van der Waals surface area contributed by atoms with E-state index in [4.69, 9.17) is 5.73 Å². The highest BCUT2D eigenvalue weighted by Gasteiger charge is 2.15. The van der Waals surface area contributed by atoms with Gasteiger partial charge < -0.3 is 11.1 Å². The van der Waals surface area contributed by atoms with Crippen LogP contribution in [0.1, 0.15) is 17.3 Å². The first-order valence-electron chi connectivity index (χ1n) is 7.10. The molecule has 0 fully saturated rings. The second-order valence-corrected chi connectivity index (χ2v) is 6.52. The van der Waals surface area contributed by atoms with Crippen LogP contribution in [-0.4, -0.2) is 37.2 Å². The first-order valence-corrected chi connectivity index (χ1v) is 8.58. The lowest BCUT2D eigenvalue weighted by atomic mass is 10.3. The number of benzene rings is 1. The fourth-order valence-electron chi connectivity index (χ4n) is 1.87. The highest BCUT2D eigenvalue weighted by molar-refractivity contribution is 7.89. The van der Waals surface area contributed by atoms with Crippen LogP contribution in [0.4, 0.5) is 5.69 Å². The Hall–Kier alpha value is -2.23. The number of rotatable bonds is 7. The van der Waals surface area contributed by atoms with E-state index >= 15 is 0 Å². The molecule has 2 aromatic rings. The zero-order valence-electron chi connectivity index (χ0n) is 12.7. The van der Waals surface area contributed by atoms with Gasteiger partial charge in [0.25, 0.3) is 5.91 Å². The Bertz CT molecular complexity index is 785. The van der Waals surface area contributed by atoms with E-state index in [9.17, 15) is 13.2 Å². The Morgan fingerprint density at radius 3 is 2.83 bits per heavy atom. The van der Waals surface area contributed by atoms with E-state index in [2.05, 4.69) is 15.1 Å². The molecule has 1 heterocycles. The standard InChI is InChI=1S/C14H19N5O3S/c1-2-19-10-11(9-16-19)14(20)18-12-4-3-5-13(8-12)23(21,22)17-7-6-15/h3-5,8-10,17H,2,6-7,15H2,1H3,(H,18,20). The maximum Gasteiger partial charge on any atom is 0.258 e. The van der Waals surface area contributed by atoms with Gasteiger partial charge in [-0.3, -0.25) is 9.48 Å². The molecule has 124 valence electrons. The van der Waals surface area contributed by atoms with Gasteiger partial charge in [-0.25, -0.2) is 13.1 Å². The molecule has 23 heavy (non-hydrogen) atoms. The number of hydrogen-bond acceptors (Lipinski definition) is 5. The van der Waals surface area contributed by atoms with Crippen LogP contribution in [0.3, 0.4) is 0 Å². The summed E-state index contributed by atoms with van der Waals surface area (Å²) in [6.45, 7) is 2.93. The number of anilines is 1. The predicted molar refractivity (Wildman–Crippen MR) is 86.5 cm³/mol. The summed E-state index contributed by atoms with van der Waals surface area (Å²) < 4.78 is 28.1. The first kappa shape index (κ1) is 17.1. The molecule has 9 heteroatoms. The molecule has 8 nitrogen and oxygen atoms in total. The van der Waals surface area contributed by atoms with Crippen molar-refractivity contribution in [3.8, 4) is 0 Å². The molecule has 0 saturated heterocycles. The van der Waals surface area contributed by atoms with Gasteiger partial charge in [0.2, 0.25) is 10.0 Å². The zero-order chi connectivity index (χ0) is 16.9. The molecule has 0 aliphatic carbocycles. The Balaban J connectivity index is 2.15. The summed E-state index contributed by atoms with van der Waals surface area (Å²) >= 11 is 0. The van der Waals surface area contributed by atoms with E-state index in [1.165, 1.54) is 18.3 Å². The van der Waals surface area contributed by atoms with Crippen LogP contribution in [-0.2, 0) is 16.6 Å². The number of nitrogens with two attached hydrogens (primary N) is 1. The third kappa shape index (κ3) is 4.38. The molecule has 0 atom stereocenters. The second-order valence-electron chi connectivity index (χ2n) is 4.75. The summed E-state index contributed by atoms with van der Waals surface area (Å²) in [6, 6.07) is 6.01. The first-order chi connectivity index (χ1) is 11.0. The summed E-state index contributed by atoms with van der Waals surface area (Å²) in [5.74, 6) is -0.353. The van der Waals surface area contributed by atoms with Gasteiger partial charge >= 0.3 is 0 Å². The average molecular weight is 337 g/mol. The number of amides is 1. The van der Waals surface area contributed by atoms with Crippen LogP contribution in [0.25, 0.3) is 0 Å². The minimum absolute atomic E-state index is 0.0630. The van der Waals surface area contributed by atoms with Crippen molar-refractivity contribution in [1.29, 1.82) is 0 Å². The smallest absolute Gasteiger partial charge is 0.258 e. The number of aryl methyl sites for hydroxylation is 1. The van der Waals surface area contributed by atoms with Crippen molar-refractivity contribution in [2.24, 2.45) is 5.73 Å². The Labute approximate surface area is 134 Å². The number of hydrogen-bond donors (Lipinski definition) is 3.